The van der Waals surface area contributed by atoms with E-state index in [2.05, 4.69) is 4.98 Å². The lowest BCUT2D eigenvalue weighted by Crippen LogP contribution is -2.29. The summed E-state index contributed by atoms with van der Waals surface area (Å²) < 4.78 is 6.40. The molecule has 5 rings (SSSR count). The zero-order valence-corrected chi connectivity index (χ0v) is 22.7. The maximum atomic E-state index is 13.6. The predicted octanol–water partition coefficient (Wildman–Crippen LogP) is 6.12. The Balaban J connectivity index is 1.72. The summed E-state index contributed by atoms with van der Waals surface area (Å²) >= 11 is 1.34. The number of anilines is 2. The highest BCUT2D eigenvalue weighted by molar-refractivity contribution is 7.22. The van der Waals surface area contributed by atoms with Gasteiger partial charge >= 0.3 is 5.91 Å². The van der Waals surface area contributed by atoms with E-state index in [1.54, 1.807) is 19.2 Å². The fraction of sp³-hybridized carbons (Fsp3) is 0.233. The standard InChI is InChI=1S/C30H29N3O4S/c1-17(2)21-16-19(12-15-23(21)37-5)27(34)25-26(18-10-13-20(14-11-18)32(3)4)33(29(36)28(25)35)30-31-22-8-6-7-9-24(22)38-30/h6-17,26,34H,1-5H3/b27-25+. The highest BCUT2D eigenvalue weighted by Gasteiger charge is 2.48. The minimum atomic E-state index is -0.837. The van der Waals surface area contributed by atoms with Crippen molar-refractivity contribution < 1.29 is 19.4 Å². The minimum Gasteiger partial charge on any atom is -0.507 e. The van der Waals surface area contributed by atoms with E-state index in [1.807, 2.05) is 87.4 Å². The Kier molecular flexibility index (Phi) is 6.67. The van der Waals surface area contributed by atoms with Crippen molar-refractivity contribution in [3.63, 3.8) is 0 Å². The number of Topliss-reactive ketones (excluding diaryl/α,β-unsaturated/α-hetero) is 1. The number of nitrogens with zero attached hydrogens (tertiary/aromatic N) is 3. The quantitative estimate of drug-likeness (QED) is 0.185. The Bertz CT molecular complexity index is 1540. The van der Waals surface area contributed by atoms with Gasteiger partial charge in [-0.2, -0.15) is 0 Å². The molecule has 194 valence electrons. The molecule has 1 aliphatic heterocycles. The number of para-hydroxylation sites is 1. The molecule has 1 aliphatic rings. The van der Waals surface area contributed by atoms with Gasteiger partial charge in [0, 0.05) is 25.3 Å². The predicted molar refractivity (Wildman–Crippen MR) is 152 cm³/mol. The molecule has 1 fully saturated rings. The second-order valence-electron chi connectivity index (χ2n) is 9.73. The minimum absolute atomic E-state index is 0.0340. The zero-order chi connectivity index (χ0) is 27.1. The summed E-state index contributed by atoms with van der Waals surface area (Å²) in [5.41, 5.74) is 3.80. The van der Waals surface area contributed by atoms with Crippen LogP contribution in [0.5, 0.6) is 5.75 Å². The van der Waals surface area contributed by atoms with Gasteiger partial charge in [0.15, 0.2) is 5.13 Å². The fourth-order valence-corrected chi connectivity index (χ4v) is 5.74. The van der Waals surface area contributed by atoms with Gasteiger partial charge < -0.3 is 14.7 Å². The van der Waals surface area contributed by atoms with Crippen LogP contribution in [0.15, 0.2) is 72.3 Å². The van der Waals surface area contributed by atoms with Gasteiger partial charge in [0.05, 0.1) is 28.9 Å². The highest BCUT2D eigenvalue weighted by Crippen LogP contribution is 2.45. The van der Waals surface area contributed by atoms with Crippen LogP contribution in [0, 0.1) is 0 Å². The summed E-state index contributed by atoms with van der Waals surface area (Å²) in [6, 6.07) is 19.7. The van der Waals surface area contributed by atoms with E-state index in [9.17, 15) is 14.7 Å². The van der Waals surface area contributed by atoms with E-state index in [-0.39, 0.29) is 17.3 Å². The van der Waals surface area contributed by atoms with Crippen LogP contribution in [-0.2, 0) is 9.59 Å². The Labute approximate surface area is 225 Å². The van der Waals surface area contributed by atoms with Crippen LogP contribution < -0.4 is 14.5 Å². The van der Waals surface area contributed by atoms with E-state index >= 15 is 0 Å². The number of aliphatic hydroxyl groups is 1. The van der Waals surface area contributed by atoms with E-state index in [0.29, 0.717) is 22.0 Å². The zero-order valence-electron chi connectivity index (χ0n) is 21.9. The summed E-state index contributed by atoms with van der Waals surface area (Å²) in [5.74, 6) is -0.868. The largest absolute Gasteiger partial charge is 0.507 e. The molecule has 0 radical (unpaired) electrons. The van der Waals surface area contributed by atoms with Gasteiger partial charge in [-0.05, 0) is 59.5 Å². The number of benzene rings is 3. The van der Waals surface area contributed by atoms with E-state index < -0.39 is 17.7 Å². The number of aliphatic hydroxyl groups excluding tert-OH is 1. The molecule has 4 aromatic rings. The molecule has 3 aromatic carbocycles. The molecule has 0 saturated carbocycles. The Morgan fingerprint density at radius 3 is 2.39 bits per heavy atom. The van der Waals surface area contributed by atoms with Gasteiger partial charge in [0.2, 0.25) is 0 Å². The average Bonchev–Trinajstić information content (AvgIpc) is 3.46. The molecule has 1 amide bonds. The van der Waals surface area contributed by atoms with Gasteiger partial charge in [-0.15, -0.1) is 0 Å². The molecule has 1 unspecified atom stereocenters. The molecular formula is C30H29N3O4S. The number of amides is 1. The summed E-state index contributed by atoms with van der Waals surface area (Å²) in [6.07, 6.45) is 0. The normalized spacial score (nSPS) is 17.0. The van der Waals surface area contributed by atoms with Crippen LogP contribution in [-0.4, -0.2) is 43.0 Å². The topological polar surface area (TPSA) is 83.0 Å². The van der Waals surface area contributed by atoms with Crippen LogP contribution in [0.25, 0.3) is 16.0 Å². The third-order valence-electron chi connectivity index (χ3n) is 6.78. The third-order valence-corrected chi connectivity index (χ3v) is 7.82. The number of ketones is 1. The lowest BCUT2D eigenvalue weighted by atomic mass is 9.93. The number of methoxy groups -OCH3 is 1. The first-order valence-electron chi connectivity index (χ1n) is 12.3. The maximum Gasteiger partial charge on any atom is 0.301 e. The lowest BCUT2D eigenvalue weighted by molar-refractivity contribution is -0.132. The maximum absolute atomic E-state index is 13.6. The molecule has 0 spiro atoms. The number of hydrogen-bond donors (Lipinski definition) is 1. The van der Waals surface area contributed by atoms with Crippen LogP contribution >= 0.6 is 11.3 Å². The highest BCUT2D eigenvalue weighted by atomic mass is 32.1. The first-order valence-corrected chi connectivity index (χ1v) is 13.1. The van der Waals surface area contributed by atoms with Gasteiger partial charge in [-0.1, -0.05) is 49.4 Å². The average molecular weight is 528 g/mol. The molecule has 1 aromatic heterocycles. The first-order chi connectivity index (χ1) is 18.2. The smallest absolute Gasteiger partial charge is 0.301 e. The van der Waals surface area contributed by atoms with Crippen LogP contribution in [0.4, 0.5) is 10.8 Å². The first kappa shape index (κ1) is 25.5. The number of carbonyl (C=O) groups is 2. The van der Waals surface area contributed by atoms with Crippen LogP contribution in [0.2, 0.25) is 0 Å². The van der Waals surface area contributed by atoms with E-state index in [1.165, 1.54) is 16.2 Å². The van der Waals surface area contributed by atoms with Crippen molar-refractivity contribution in [2.24, 2.45) is 0 Å². The number of carbonyl (C=O) groups excluding carboxylic acids is 2. The monoisotopic (exact) mass is 527 g/mol. The number of aromatic nitrogens is 1. The molecule has 1 saturated heterocycles. The van der Waals surface area contributed by atoms with Gasteiger partial charge in [0.1, 0.15) is 11.5 Å². The van der Waals surface area contributed by atoms with Crippen molar-refractivity contribution >= 4 is 49.8 Å². The van der Waals surface area contributed by atoms with E-state index in [0.717, 1.165) is 21.5 Å². The van der Waals surface area contributed by atoms with Crippen molar-refractivity contribution in [1.82, 2.24) is 4.98 Å². The number of thiazole rings is 1. The fourth-order valence-electron chi connectivity index (χ4n) is 4.75. The molecule has 1 N–H and O–H groups in total. The molecule has 2 heterocycles. The van der Waals surface area contributed by atoms with Crippen LogP contribution in [0.1, 0.15) is 42.5 Å². The number of ether oxygens (including phenoxy) is 1. The van der Waals surface area contributed by atoms with Gasteiger partial charge in [-0.25, -0.2) is 4.98 Å². The molecule has 7 nitrogen and oxygen atoms in total. The van der Waals surface area contributed by atoms with Crippen molar-refractivity contribution in [3.8, 4) is 5.75 Å². The molecule has 0 bridgehead atoms. The molecule has 0 aliphatic carbocycles. The van der Waals surface area contributed by atoms with Crippen molar-refractivity contribution in [2.45, 2.75) is 25.8 Å². The van der Waals surface area contributed by atoms with Crippen LogP contribution in [0.3, 0.4) is 0 Å². The van der Waals surface area contributed by atoms with Gasteiger partial charge in [-0.3, -0.25) is 14.5 Å². The summed E-state index contributed by atoms with van der Waals surface area (Å²) in [4.78, 5) is 35.1. The lowest BCUT2D eigenvalue weighted by Gasteiger charge is -2.24. The van der Waals surface area contributed by atoms with Crippen molar-refractivity contribution in [2.75, 3.05) is 31.0 Å². The SMILES string of the molecule is COc1ccc(/C(O)=C2\C(=O)C(=O)N(c3nc4ccccc4s3)C2c2ccc(N(C)C)cc2)cc1C(C)C. The third kappa shape index (κ3) is 4.31. The number of rotatable bonds is 6. The number of fused-ring (bicyclic) bond motifs is 1. The number of hydrogen-bond acceptors (Lipinski definition) is 7. The second kappa shape index (κ2) is 9.95. The Morgan fingerprint density at radius 2 is 1.76 bits per heavy atom. The Hall–Kier alpha value is -4.17. The van der Waals surface area contributed by atoms with Crippen molar-refractivity contribution in [3.05, 3.63) is 89.0 Å². The summed E-state index contributed by atoms with van der Waals surface area (Å²) in [7, 11) is 5.48. The Morgan fingerprint density at radius 1 is 1.05 bits per heavy atom. The second-order valence-corrected chi connectivity index (χ2v) is 10.7. The molecular weight excluding hydrogens is 498 g/mol. The summed E-state index contributed by atoms with van der Waals surface area (Å²) in [5, 5.41) is 12.0. The van der Waals surface area contributed by atoms with Gasteiger partial charge in [0.25, 0.3) is 5.78 Å². The molecule has 1 atom stereocenters. The van der Waals surface area contributed by atoms with Crippen molar-refractivity contribution in [1.29, 1.82) is 0 Å². The summed E-state index contributed by atoms with van der Waals surface area (Å²) in [6.45, 7) is 4.06. The van der Waals surface area contributed by atoms with E-state index in [4.69, 9.17) is 4.74 Å². The molecule has 8 heteroatoms. The molecule has 38 heavy (non-hydrogen) atoms.